The van der Waals surface area contributed by atoms with E-state index in [1.54, 1.807) is 12.1 Å². The Balaban J connectivity index is 2.12. The van der Waals surface area contributed by atoms with Gasteiger partial charge < -0.3 is 15.5 Å². The molecule has 7 heteroatoms. The fourth-order valence-electron chi connectivity index (χ4n) is 1.78. The highest BCUT2D eigenvalue weighted by atomic mass is 16.6. The molecule has 2 aromatic rings. The summed E-state index contributed by atoms with van der Waals surface area (Å²) in [6, 6.07) is 9.54. The van der Waals surface area contributed by atoms with E-state index in [-0.39, 0.29) is 29.3 Å². The molecule has 0 aromatic heterocycles. The van der Waals surface area contributed by atoms with Gasteiger partial charge in [0.05, 0.1) is 17.0 Å². The molecule has 7 nitrogen and oxygen atoms in total. The van der Waals surface area contributed by atoms with Crippen LogP contribution in [0.1, 0.15) is 5.56 Å². The van der Waals surface area contributed by atoms with Crippen LogP contribution in [0.15, 0.2) is 42.5 Å². The van der Waals surface area contributed by atoms with Gasteiger partial charge in [0, 0.05) is 12.1 Å². The summed E-state index contributed by atoms with van der Waals surface area (Å²) in [6.07, 6.45) is -0.0312. The molecule has 0 bridgehead atoms. The van der Waals surface area contributed by atoms with E-state index in [2.05, 4.69) is 5.32 Å². The first kappa shape index (κ1) is 14.3. The van der Waals surface area contributed by atoms with Crippen LogP contribution in [-0.2, 0) is 11.2 Å². The number of nitro groups is 1. The van der Waals surface area contributed by atoms with Gasteiger partial charge in [-0.2, -0.15) is 0 Å². The third-order valence-electron chi connectivity index (χ3n) is 2.74. The van der Waals surface area contributed by atoms with Crippen LogP contribution < -0.4 is 5.32 Å². The van der Waals surface area contributed by atoms with E-state index in [0.29, 0.717) is 5.56 Å². The van der Waals surface area contributed by atoms with Gasteiger partial charge >= 0.3 is 0 Å². The number of amides is 1. The zero-order chi connectivity index (χ0) is 15.4. The summed E-state index contributed by atoms with van der Waals surface area (Å²) in [5, 5.41) is 32.0. The lowest BCUT2D eigenvalue weighted by Gasteiger charge is -2.07. The zero-order valence-corrected chi connectivity index (χ0v) is 10.8. The van der Waals surface area contributed by atoms with Crippen LogP contribution in [-0.4, -0.2) is 21.0 Å². The fourth-order valence-corrected chi connectivity index (χ4v) is 1.78. The van der Waals surface area contributed by atoms with Crippen molar-refractivity contribution in [2.45, 2.75) is 6.42 Å². The number of nitro benzene ring substituents is 1. The Morgan fingerprint density at radius 3 is 2.62 bits per heavy atom. The van der Waals surface area contributed by atoms with E-state index in [9.17, 15) is 25.1 Å². The number of hydrogen-bond donors (Lipinski definition) is 3. The molecule has 21 heavy (non-hydrogen) atoms. The number of phenols is 2. The molecule has 2 rings (SSSR count). The van der Waals surface area contributed by atoms with Crippen molar-refractivity contribution in [3.05, 3.63) is 58.1 Å². The zero-order valence-electron chi connectivity index (χ0n) is 10.8. The molecule has 0 saturated carbocycles. The Hall–Kier alpha value is -3.09. The van der Waals surface area contributed by atoms with Crippen LogP contribution in [0.5, 0.6) is 11.5 Å². The number of non-ortho nitro benzene ring substituents is 1. The Kier molecular flexibility index (Phi) is 4.03. The predicted octanol–water partition coefficient (Wildman–Crippen LogP) is 2.19. The van der Waals surface area contributed by atoms with E-state index in [4.69, 9.17) is 0 Å². The number of aromatic hydroxyl groups is 2. The molecular formula is C14H12N2O5. The molecule has 0 atom stereocenters. The van der Waals surface area contributed by atoms with Gasteiger partial charge in [0.25, 0.3) is 5.69 Å². The summed E-state index contributed by atoms with van der Waals surface area (Å²) < 4.78 is 0. The van der Waals surface area contributed by atoms with Crippen molar-refractivity contribution in [3.63, 3.8) is 0 Å². The first-order valence-corrected chi connectivity index (χ1v) is 6.01. The highest BCUT2D eigenvalue weighted by Gasteiger charge is 2.13. The van der Waals surface area contributed by atoms with Crippen LogP contribution in [0.3, 0.4) is 0 Å². The second-order valence-electron chi connectivity index (χ2n) is 4.35. The summed E-state index contributed by atoms with van der Waals surface area (Å²) in [7, 11) is 0. The smallest absolute Gasteiger partial charge is 0.271 e. The molecule has 0 fully saturated rings. The molecule has 0 saturated heterocycles. The van der Waals surface area contributed by atoms with Gasteiger partial charge in [-0.25, -0.2) is 0 Å². The normalized spacial score (nSPS) is 10.1. The van der Waals surface area contributed by atoms with Gasteiger partial charge in [-0.3, -0.25) is 14.9 Å². The Bertz CT molecular complexity index is 700. The molecule has 108 valence electrons. The van der Waals surface area contributed by atoms with Crippen molar-refractivity contribution in [1.29, 1.82) is 0 Å². The molecule has 3 N–H and O–H groups in total. The van der Waals surface area contributed by atoms with E-state index in [1.165, 1.54) is 12.1 Å². The molecule has 2 aromatic carbocycles. The van der Waals surface area contributed by atoms with E-state index in [0.717, 1.165) is 18.2 Å². The number of hydrogen-bond acceptors (Lipinski definition) is 5. The standard InChI is InChI=1S/C14H12N2O5/c17-11-3-1-2-9(6-11)7-14(19)15-12-8-10(16(20)21)4-5-13(12)18/h1-6,8,17-18H,7H2,(H,15,19). The third kappa shape index (κ3) is 3.69. The average Bonchev–Trinajstić information content (AvgIpc) is 2.41. The molecule has 0 aliphatic rings. The number of phenolic OH excluding ortho intramolecular Hbond substituents is 2. The maximum atomic E-state index is 11.9. The minimum absolute atomic E-state index is 0.0312. The van der Waals surface area contributed by atoms with Crippen molar-refractivity contribution in [2.75, 3.05) is 5.32 Å². The summed E-state index contributed by atoms with van der Waals surface area (Å²) in [6.45, 7) is 0. The number of benzene rings is 2. The van der Waals surface area contributed by atoms with Crippen LogP contribution in [0.2, 0.25) is 0 Å². The van der Waals surface area contributed by atoms with Crippen molar-refractivity contribution in [1.82, 2.24) is 0 Å². The Labute approximate surface area is 119 Å². The SMILES string of the molecule is O=C(Cc1cccc(O)c1)Nc1cc([N+](=O)[O-])ccc1O. The number of rotatable bonds is 4. The second kappa shape index (κ2) is 5.91. The fraction of sp³-hybridized carbons (Fsp3) is 0.0714. The lowest BCUT2D eigenvalue weighted by Crippen LogP contribution is -2.14. The molecule has 0 spiro atoms. The Morgan fingerprint density at radius 1 is 1.19 bits per heavy atom. The largest absolute Gasteiger partial charge is 0.508 e. The number of anilines is 1. The maximum Gasteiger partial charge on any atom is 0.271 e. The molecule has 0 heterocycles. The van der Waals surface area contributed by atoms with E-state index in [1.807, 2.05) is 0 Å². The predicted molar refractivity (Wildman–Crippen MR) is 75.2 cm³/mol. The van der Waals surface area contributed by atoms with Crippen molar-refractivity contribution in [3.8, 4) is 11.5 Å². The highest BCUT2D eigenvalue weighted by Crippen LogP contribution is 2.27. The van der Waals surface area contributed by atoms with Gasteiger partial charge in [-0.15, -0.1) is 0 Å². The first-order chi connectivity index (χ1) is 9.95. The van der Waals surface area contributed by atoms with Gasteiger partial charge in [-0.1, -0.05) is 12.1 Å². The third-order valence-corrected chi connectivity index (χ3v) is 2.74. The van der Waals surface area contributed by atoms with Crippen molar-refractivity contribution in [2.24, 2.45) is 0 Å². The topological polar surface area (TPSA) is 113 Å². The van der Waals surface area contributed by atoms with Crippen LogP contribution >= 0.6 is 0 Å². The summed E-state index contributed by atoms with van der Waals surface area (Å²) in [5.74, 6) is -0.681. The van der Waals surface area contributed by atoms with Gasteiger partial charge in [0.15, 0.2) is 0 Å². The van der Waals surface area contributed by atoms with Crippen LogP contribution in [0, 0.1) is 10.1 Å². The van der Waals surface area contributed by atoms with Crippen molar-refractivity contribution < 1.29 is 19.9 Å². The monoisotopic (exact) mass is 288 g/mol. The minimum Gasteiger partial charge on any atom is -0.508 e. The highest BCUT2D eigenvalue weighted by molar-refractivity contribution is 5.94. The van der Waals surface area contributed by atoms with Gasteiger partial charge in [0.1, 0.15) is 11.5 Å². The molecule has 1 amide bonds. The number of nitrogens with zero attached hydrogens (tertiary/aromatic N) is 1. The maximum absolute atomic E-state index is 11.9. The number of carbonyl (C=O) groups is 1. The van der Waals surface area contributed by atoms with Crippen LogP contribution in [0.25, 0.3) is 0 Å². The lowest BCUT2D eigenvalue weighted by molar-refractivity contribution is -0.384. The quantitative estimate of drug-likeness (QED) is 0.453. The van der Waals surface area contributed by atoms with Crippen molar-refractivity contribution >= 4 is 17.3 Å². The van der Waals surface area contributed by atoms with E-state index >= 15 is 0 Å². The number of carbonyl (C=O) groups excluding carboxylic acids is 1. The minimum atomic E-state index is -0.621. The molecule has 0 aliphatic heterocycles. The molecule has 0 unspecified atom stereocenters. The Morgan fingerprint density at radius 2 is 1.95 bits per heavy atom. The van der Waals surface area contributed by atoms with Gasteiger partial charge in [0.2, 0.25) is 5.91 Å². The van der Waals surface area contributed by atoms with Gasteiger partial charge in [-0.05, 0) is 23.8 Å². The summed E-state index contributed by atoms with van der Waals surface area (Å²) >= 11 is 0. The number of nitrogens with one attached hydrogen (secondary N) is 1. The average molecular weight is 288 g/mol. The second-order valence-corrected chi connectivity index (χ2v) is 4.35. The summed E-state index contributed by atoms with van der Waals surface area (Å²) in [4.78, 5) is 21.9. The molecule has 0 aliphatic carbocycles. The molecular weight excluding hydrogens is 276 g/mol. The molecule has 0 radical (unpaired) electrons. The van der Waals surface area contributed by atoms with E-state index < -0.39 is 10.8 Å². The van der Waals surface area contributed by atoms with Crippen LogP contribution in [0.4, 0.5) is 11.4 Å². The first-order valence-electron chi connectivity index (χ1n) is 6.01. The summed E-state index contributed by atoms with van der Waals surface area (Å²) in [5.41, 5.74) is 0.312. The lowest BCUT2D eigenvalue weighted by atomic mass is 10.1.